The lowest BCUT2D eigenvalue weighted by Crippen LogP contribution is -2.59. The lowest BCUT2D eigenvalue weighted by molar-refractivity contribution is -0.206. The summed E-state index contributed by atoms with van der Waals surface area (Å²) in [6.07, 6.45) is -4.87. The molecular weight excluding hydrogens is 283 g/mol. The topological polar surface area (TPSA) is 49.3 Å². The van der Waals surface area contributed by atoms with Crippen LogP contribution in [0.3, 0.4) is 0 Å². The Morgan fingerprint density at radius 2 is 1.57 bits per heavy atom. The molecular formula is C15H20F3NO2. The predicted octanol–water partition coefficient (Wildman–Crippen LogP) is 3.48. The number of halogens is 3. The van der Waals surface area contributed by atoms with E-state index in [0.717, 1.165) is 5.56 Å². The van der Waals surface area contributed by atoms with E-state index in [2.05, 4.69) is 5.32 Å². The van der Waals surface area contributed by atoms with Crippen molar-refractivity contribution in [2.45, 2.75) is 51.4 Å². The quantitative estimate of drug-likeness (QED) is 0.895. The summed E-state index contributed by atoms with van der Waals surface area (Å²) in [5, 5.41) is 10.9. The van der Waals surface area contributed by atoms with Crippen LogP contribution in [0.25, 0.3) is 0 Å². The van der Waals surface area contributed by atoms with Crippen molar-refractivity contribution in [2.24, 2.45) is 0 Å². The van der Waals surface area contributed by atoms with Crippen molar-refractivity contribution in [3.8, 4) is 0 Å². The zero-order valence-corrected chi connectivity index (χ0v) is 12.5. The van der Waals surface area contributed by atoms with Gasteiger partial charge in [0.15, 0.2) is 0 Å². The van der Waals surface area contributed by atoms with Gasteiger partial charge < -0.3 is 5.11 Å². The third-order valence-corrected chi connectivity index (χ3v) is 3.46. The molecule has 1 unspecified atom stereocenters. The Morgan fingerprint density at radius 3 is 1.90 bits per heavy atom. The third kappa shape index (κ3) is 3.97. The van der Waals surface area contributed by atoms with Crippen LogP contribution in [-0.4, -0.2) is 22.8 Å². The number of hydrogen-bond acceptors (Lipinski definition) is 2. The largest absolute Gasteiger partial charge is 0.480 e. The van der Waals surface area contributed by atoms with Gasteiger partial charge in [0.25, 0.3) is 0 Å². The van der Waals surface area contributed by atoms with Crippen LogP contribution in [0.15, 0.2) is 24.3 Å². The van der Waals surface area contributed by atoms with Gasteiger partial charge in [-0.15, -0.1) is 0 Å². The van der Waals surface area contributed by atoms with Crippen molar-refractivity contribution in [2.75, 3.05) is 0 Å². The molecule has 2 N–H and O–H groups in total. The second kappa shape index (κ2) is 5.67. The predicted molar refractivity (Wildman–Crippen MR) is 74.1 cm³/mol. The summed E-state index contributed by atoms with van der Waals surface area (Å²) in [5.74, 6) is -1.94. The van der Waals surface area contributed by atoms with E-state index in [9.17, 15) is 18.0 Å². The van der Waals surface area contributed by atoms with Crippen LogP contribution in [-0.2, 0) is 16.8 Å². The molecule has 0 aromatic heterocycles. The third-order valence-electron chi connectivity index (χ3n) is 3.46. The second-order valence-corrected chi connectivity index (χ2v) is 6.23. The van der Waals surface area contributed by atoms with Gasteiger partial charge in [0.1, 0.15) is 0 Å². The van der Waals surface area contributed by atoms with Crippen LogP contribution in [0.4, 0.5) is 13.2 Å². The van der Waals surface area contributed by atoms with Gasteiger partial charge in [-0.1, -0.05) is 45.0 Å². The van der Waals surface area contributed by atoms with E-state index in [4.69, 9.17) is 5.11 Å². The van der Waals surface area contributed by atoms with Gasteiger partial charge in [-0.05, 0) is 23.5 Å². The number of carbonyl (C=O) groups is 1. The van der Waals surface area contributed by atoms with Gasteiger partial charge >= 0.3 is 12.1 Å². The van der Waals surface area contributed by atoms with Gasteiger partial charge in [0.05, 0.1) is 0 Å². The summed E-state index contributed by atoms with van der Waals surface area (Å²) >= 11 is 0. The maximum Gasteiger partial charge on any atom is 0.417 e. The average Bonchev–Trinajstić information content (AvgIpc) is 2.33. The first kappa shape index (κ1) is 17.5. The van der Waals surface area contributed by atoms with E-state index in [1.165, 1.54) is 0 Å². The molecule has 3 nitrogen and oxygen atoms in total. The Bertz CT molecular complexity index is 503. The van der Waals surface area contributed by atoms with E-state index in [1.54, 1.807) is 12.1 Å². The van der Waals surface area contributed by atoms with Crippen LogP contribution in [0.1, 0.15) is 38.8 Å². The maximum atomic E-state index is 12.8. The summed E-state index contributed by atoms with van der Waals surface area (Å²) in [4.78, 5) is 10.9. The van der Waals surface area contributed by atoms with Crippen LogP contribution in [0.2, 0.25) is 0 Å². The van der Waals surface area contributed by atoms with Gasteiger partial charge in [-0.25, -0.2) is 4.79 Å². The highest BCUT2D eigenvalue weighted by molar-refractivity contribution is 5.79. The average molecular weight is 303 g/mol. The monoisotopic (exact) mass is 303 g/mol. The molecule has 1 aromatic rings. The summed E-state index contributed by atoms with van der Waals surface area (Å²) in [6.45, 7) is 6.55. The minimum atomic E-state index is -4.87. The van der Waals surface area contributed by atoms with Gasteiger partial charge in [0.2, 0.25) is 5.54 Å². The zero-order chi connectivity index (χ0) is 16.5. The highest BCUT2D eigenvalue weighted by Crippen LogP contribution is 2.31. The molecule has 1 atom stereocenters. The van der Waals surface area contributed by atoms with E-state index >= 15 is 0 Å². The second-order valence-electron chi connectivity index (χ2n) is 6.23. The van der Waals surface area contributed by atoms with Crippen molar-refractivity contribution in [1.29, 1.82) is 0 Å². The molecule has 0 saturated heterocycles. The standard InChI is InChI=1S/C15H20F3NO2/c1-13(2,3)11-7-5-10(6-8-11)9-19-14(4,12(20)21)15(16,17)18/h5-8,19H,9H2,1-4H3,(H,20,21). The Balaban J connectivity index is 2.85. The number of carboxylic acids is 1. The number of carboxylic acid groups (broad SMARTS) is 1. The minimum absolute atomic E-state index is 0.0481. The normalized spacial score (nSPS) is 15.6. The van der Waals surface area contributed by atoms with Gasteiger partial charge in [-0.2, -0.15) is 13.2 Å². The number of aliphatic carboxylic acids is 1. The molecule has 1 rings (SSSR count). The van der Waals surface area contributed by atoms with Crippen molar-refractivity contribution in [3.05, 3.63) is 35.4 Å². The maximum absolute atomic E-state index is 12.8. The molecule has 0 bridgehead atoms. The summed E-state index contributed by atoms with van der Waals surface area (Å²) in [7, 11) is 0. The first-order valence-corrected chi connectivity index (χ1v) is 6.52. The molecule has 0 aliphatic rings. The summed E-state index contributed by atoms with van der Waals surface area (Å²) in [5.41, 5.74) is -1.36. The number of nitrogens with one attached hydrogen (secondary N) is 1. The van der Waals surface area contributed by atoms with E-state index in [-0.39, 0.29) is 12.0 Å². The molecule has 0 aliphatic heterocycles. The fraction of sp³-hybridized carbons (Fsp3) is 0.533. The van der Waals surface area contributed by atoms with Gasteiger partial charge in [-0.3, -0.25) is 5.32 Å². The Morgan fingerprint density at radius 1 is 1.10 bits per heavy atom. The minimum Gasteiger partial charge on any atom is -0.480 e. The number of hydrogen-bond donors (Lipinski definition) is 2. The Kier molecular flexibility index (Phi) is 4.73. The van der Waals surface area contributed by atoms with Gasteiger partial charge in [0, 0.05) is 6.54 Å². The lowest BCUT2D eigenvalue weighted by atomic mass is 9.86. The molecule has 0 saturated carbocycles. The lowest BCUT2D eigenvalue weighted by Gasteiger charge is -2.29. The fourth-order valence-electron chi connectivity index (χ4n) is 1.70. The molecule has 1 aromatic carbocycles. The van der Waals surface area contributed by atoms with Crippen molar-refractivity contribution < 1.29 is 23.1 Å². The molecule has 21 heavy (non-hydrogen) atoms. The van der Waals surface area contributed by atoms with Crippen LogP contribution >= 0.6 is 0 Å². The van der Waals surface area contributed by atoms with Crippen molar-refractivity contribution in [1.82, 2.24) is 5.32 Å². The molecule has 6 heteroatoms. The van der Waals surface area contributed by atoms with E-state index < -0.39 is 17.7 Å². The summed E-state index contributed by atoms with van der Waals surface area (Å²) in [6, 6.07) is 7.07. The van der Waals surface area contributed by atoms with E-state index in [0.29, 0.717) is 12.5 Å². The Hall–Kier alpha value is -1.56. The van der Waals surface area contributed by atoms with Crippen molar-refractivity contribution in [3.63, 3.8) is 0 Å². The smallest absolute Gasteiger partial charge is 0.417 e. The highest BCUT2D eigenvalue weighted by atomic mass is 19.4. The first-order chi connectivity index (χ1) is 9.38. The van der Waals surface area contributed by atoms with Crippen LogP contribution in [0, 0.1) is 0 Å². The number of benzene rings is 1. The molecule has 0 aliphatic carbocycles. The molecule has 118 valence electrons. The SMILES string of the molecule is CC(C)(C)c1ccc(CNC(C)(C(=O)O)C(F)(F)F)cc1. The van der Waals surface area contributed by atoms with Crippen molar-refractivity contribution >= 4 is 5.97 Å². The fourth-order valence-corrected chi connectivity index (χ4v) is 1.70. The van der Waals surface area contributed by atoms with Crippen LogP contribution < -0.4 is 5.32 Å². The molecule has 0 heterocycles. The molecule has 0 radical (unpaired) electrons. The van der Waals surface area contributed by atoms with E-state index in [1.807, 2.05) is 32.9 Å². The Labute approximate surface area is 122 Å². The zero-order valence-electron chi connectivity index (χ0n) is 12.5. The molecule has 0 fully saturated rings. The number of alkyl halides is 3. The first-order valence-electron chi connectivity index (χ1n) is 6.52. The van der Waals surface area contributed by atoms with Crippen LogP contribution in [0.5, 0.6) is 0 Å². The molecule has 0 amide bonds. The summed E-state index contributed by atoms with van der Waals surface area (Å²) < 4.78 is 38.5. The molecule has 0 spiro atoms. The number of rotatable bonds is 4. The highest BCUT2D eigenvalue weighted by Gasteiger charge is 2.57.